The summed E-state index contributed by atoms with van der Waals surface area (Å²) in [6, 6.07) is 1.96. The van der Waals surface area contributed by atoms with Crippen LogP contribution in [-0.2, 0) is 22.3 Å². The molecule has 0 bridgehead atoms. The van der Waals surface area contributed by atoms with E-state index in [1.807, 2.05) is 0 Å². The van der Waals surface area contributed by atoms with Crippen molar-refractivity contribution in [2.75, 3.05) is 26.3 Å². The molecule has 0 aromatic carbocycles. The van der Waals surface area contributed by atoms with Gasteiger partial charge in [-0.2, -0.15) is 18.3 Å². The van der Waals surface area contributed by atoms with Crippen molar-refractivity contribution in [1.82, 2.24) is 24.2 Å². The Bertz CT molecular complexity index is 1050. The van der Waals surface area contributed by atoms with Crippen LogP contribution in [0.4, 0.5) is 13.2 Å². The zero-order valence-corrected chi connectivity index (χ0v) is 19.0. The molecule has 180 valence electrons. The predicted molar refractivity (Wildman–Crippen MR) is 114 cm³/mol. The van der Waals surface area contributed by atoms with Gasteiger partial charge in [0.2, 0.25) is 5.91 Å². The molecule has 3 unspecified atom stereocenters. The monoisotopic (exact) mass is 507 g/mol. The first-order valence-corrected chi connectivity index (χ1v) is 11.4. The van der Waals surface area contributed by atoms with E-state index in [0.717, 1.165) is 21.4 Å². The molecule has 1 saturated carbocycles. The first kappa shape index (κ1) is 24.0. The van der Waals surface area contributed by atoms with E-state index in [0.29, 0.717) is 51.8 Å². The summed E-state index contributed by atoms with van der Waals surface area (Å²) in [5.41, 5.74) is -1.61. The van der Waals surface area contributed by atoms with Gasteiger partial charge in [-0.15, -0.1) is 23.2 Å². The van der Waals surface area contributed by atoms with Gasteiger partial charge in [0.15, 0.2) is 0 Å². The number of pyridine rings is 1. The van der Waals surface area contributed by atoms with Crippen molar-refractivity contribution in [3.05, 3.63) is 40.2 Å². The lowest BCUT2D eigenvalue weighted by Gasteiger charge is -2.29. The molecular weight excluding hydrogens is 486 g/mol. The van der Waals surface area contributed by atoms with Crippen LogP contribution in [0.5, 0.6) is 0 Å². The molecule has 2 aromatic heterocycles. The van der Waals surface area contributed by atoms with Crippen molar-refractivity contribution >= 4 is 29.1 Å². The summed E-state index contributed by atoms with van der Waals surface area (Å²) >= 11 is 12.8. The maximum Gasteiger partial charge on any atom is 0.417 e. The van der Waals surface area contributed by atoms with Crippen LogP contribution in [0.15, 0.2) is 23.1 Å². The summed E-state index contributed by atoms with van der Waals surface area (Å²) in [7, 11) is 0. The van der Waals surface area contributed by atoms with Crippen molar-refractivity contribution in [1.29, 1.82) is 0 Å². The molecule has 8 nitrogen and oxygen atoms in total. The molecule has 2 fully saturated rings. The number of morpholine rings is 1. The number of halogens is 5. The van der Waals surface area contributed by atoms with E-state index in [-0.39, 0.29) is 35.4 Å². The van der Waals surface area contributed by atoms with Crippen LogP contribution < -0.4 is 5.69 Å². The van der Waals surface area contributed by atoms with Crippen molar-refractivity contribution in [3.63, 3.8) is 0 Å². The van der Waals surface area contributed by atoms with Gasteiger partial charge in [0.1, 0.15) is 18.2 Å². The molecule has 0 spiro atoms. The number of amides is 1. The lowest BCUT2D eigenvalue weighted by molar-refractivity contribution is -0.138. The molecule has 1 saturated heterocycles. The Morgan fingerprint density at radius 3 is 2.52 bits per heavy atom. The minimum atomic E-state index is -4.56. The molecule has 13 heteroatoms. The van der Waals surface area contributed by atoms with E-state index in [1.165, 1.54) is 0 Å². The number of alkyl halides is 5. The zero-order chi connectivity index (χ0) is 23.8. The molecule has 2 aromatic rings. The van der Waals surface area contributed by atoms with E-state index < -0.39 is 22.8 Å². The molecule has 33 heavy (non-hydrogen) atoms. The van der Waals surface area contributed by atoms with Gasteiger partial charge in [-0.3, -0.25) is 4.79 Å². The third-order valence-corrected chi connectivity index (χ3v) is 6.74. The summed E-state index contributed by atoms with van der Waals surface area (Å²) in [6.07, 6.45) is -2.23. The molecule has 4 rings (SSSR count). The maximum atomic E-state index is 13.2. The lowest BCUT2D eigenvalue weighted by Crippen LogP contribution is -2.43. The SMILES string of the molecule is O=C(Cn1nc(C2CCC(Cl)CC2Cl)n(-c2ccc(C(F)(F)F)cn2)c1=O)N1CCOCC1. The van der Waals surface area contributed by atoms with Crippen LogP contribution in [0.3, 0.4) is 0 Å². The standard InChI is InChI=1S/C20H22Cl2F3N5O3/c21-13-2-3-14(15(22)9-13)18-27-29(11-17(31)28-5-7-33-8-6-28)19(32)30(18)16-4-1-12(10-26-16)20(23,24)25/h1,4,10,13-15H,2-3,5-9,11H2. The summed E-state index contributed by atoms with van der Waals surface area (Å²) in [5, 5.41) is 3.85. The fourth-order valence-electron chi connectivity index (χ4n) is 4.07. The Morgan fingerprint density at radius 2 is 1.91 bits per heavy atom. The number of carbonyl (C=O) groups excluding carboxylic acids is 1. The Balaban J connectivity index is 1.71. The van der Waals surface area contributed by atoms with Crippen LogP contribution in [0.2, 0.25) is 0 Å². The number of nitrogens with zero attached hydrogens (tertiary/aromatic N) is 5. The highest BCUT2D eigenvalue weighted by molar-refractivity contribution is 6.24. The summed E-state index contributed by atoms with van der Waals surface area (Å²) in [6.45, 7) is 1.32. The molecule has 3 atom stereocenters. The van der Waals surface area contributed by atoms with Crippen molar-refractivity contribution < 1.29 is 22.7 Å². The van der Waals surface area contributed by atoms with E-state index in [2.05, 4.69) is 10.1 Å². The van der Waals surface area contributed by atoms with Crippen LogP contribution >= 0.6 is 23.2 Å². The van der Waals surface area contributed by atoms with E-state index in [4.69, 9.17) is 27.9 Å². The average molecular weight is 508 g/mol. The van der Waals surface area contributed by atoms with Crippen molar-refractivity contribution in [2.24, 2.45) is 0 Å². The number of aromatic nitrogens is 4. The smallest absolute Gasteiger partial charge is 0.378 e. The molecule has 0 radical (unpaired) electrons. The average Bonchev–Trinajstić information content (AvgIpc) is 3.09. The van der Waals surface area contributed by atoms with Crippen LogP contribution in [0.25, 0.3) is 5.82 Å². The minimum absolute atomic E-state index is 0.0232. The van der Waals surface area contributed by atoms with Crippen molar-refractivity contribution in [3.8, 4) is 5.82 Å². The molecule has 1 aliphatic carbocycles. The van der Waals surface area contributed by atoms with Gasteiger partial charge in [0.25, 0.3) is 0 Å². The highest BCUT2D eigenvalue weighted by Crippen LogP contribution is 2.38. The minimum Gasteiger partial charge on any atom is -0.378 e. The molecule has 2 aliphatic rings. The summed E-state index contributed by atoms with van der Waals surface area (Å²) < 4.78 is 46.3. The third-order valence-electron chi connectivity index (χ3n) is 5.86. The quantitative estimate of drug-likeness (QED) is 0.594. The van der Waals surface area contributed by atoms with Crippen molar-refractivity contribution in [2.45, 2.75) is 48.7 Å². The Labute approximate surface area is 197 Å². The Hall–Kier alpha value is -2.11. The van der Waals surface area contributed by atoms with E-state index >= 15 is 0 Å². The molecule has 1 amide bonds. The fraction of sp³-hybridized carbons (Fsp3) is 0.600. The topological polar surface area (TPSA) is 82.2 Å². The van der Waals surface area contributed by atoms with Gasteiger partial charge in [0.05, 0.1) is 18.8 Å². The number of ether oxygens (including phenoxy) is 1. The van der Waals surface area contributed by atoms with E-state index in [1.54, 1.807) is 4.90 Å². The molecule has 0 N–H and O–H groups in total. The number of rotatable bonds is 4. The van der Waals surface area contributed by atoms with Gasteiger partial charge in [0, 0.05) is 36.0 Å². The van der Waals surface area contributed by atoms with Gasteiger partial charge in [-0.05, 0) is 31.4 Å². The highest BCUT2D eigenvalue weighted by atomic mass is 35.5. The summed E-state index contributed by atoms with van der Waals surface area (Å²) in [5.74, 6) is -0.447. The number of hydrogen-bond donors (Lipinski definition) is 0. The van der Waals surface area contributed by atoms with Crippen LogP contribution in [0.1, 0.15) is 36.6 Å². The van der Waals surface area contributed by atoms with Gasteiger partial charge < -0.3 is 9.64 Å². The first-order valence-electron chi connectivity index (χ1n) is 10.5. The van der Waals surface area contributed by atoms with Crippen LogP contribution in [0, 0.1) is 0 Å². The Kier molecular flexibility index (Phi) is 7.01. The van der Waals surface area contributed by atoms with Crippen LogP contribution in [-0.4, -0.2) is 67.2 Å². The van der Waals surface area contributed by atoms with Gasteiger partial charge >= 0.3 is 11.9 Å². The predicted octanol–water partition coefficient (Wildman–Crippen LogP) is 2.79. The van der Waals surface area contributed by atoms with Gasteiger partial charge in [-0.1, -0.05) is 0 Å². The maximum absolute atomic E-state index is 13.2. The summed E-state index contributed by atoms with van der Waals surface area (Å²) in [4.78, 5) is 31.4. The highest BCUT2D eigenvalue weighted by Gasteiger charge is 2.35. The van der Waals surface area contributed by atoms with Gasteiger partial charge in [-0.25, -0.2) is 19.0 Å². The fourth-order valence-corrected chi connectivity index (χ4v) is 4.93. The number of hydrogen-bond acceptors (Lipinski definition) is 5. The second-order valence-electron chi connectivity index (χ2n) is 8.06. The third kappa shape index (κ3) is 5.20. The molecule has 3 heterocycles. The molecule has 1 aliphatic heterocycles. The Morgan fingerprint density at radius 1 is 1.18 bits per heavy atom. The zero-order valence-electron chi connectivity index (χ0n) is 17.5. The number of carbonyl (C=O) groups is 1. The first-order chi connectivity index (χ1) is 15.6. The normalized spacial score (nSPS) is 24.2. The second kappa shape index (κ2) is 9.63. The second-order valence-corrected chi connectivity index (χ2v) is 9.24. The van der Waals surface area contributed by atoms with E-state index in [9.17, 15) is 22.8 Å². The molecular formula is C20H22Cl2F3N5O3. The lowest BCUT2D eigenvalue weighted by atomic mass is 9.87. The largest absolute Gasteiger partial charge is 0.417 e.